The van der Waals surface area contributed by atoms with Gasteiger partial charge in [0.05, 0.1) is 5.71 Å². The molecular weight excluding hydrogens is 307 g/mol. The number of fused-ring (bicyclic) bond motifs is 2. The molecule has 23 heavy (non-hydrogen) atoms. The molecule has 126 valence electrons. The molecule has 0 spiro atoms. The van der Waals surface area contributed by atoms with Crippen LogP contribution in [0.3, 0.4) is 0 Å². The van der Waals surface area contributed by atoms with Gasteiger partial charge in [-0.25, -0.2) is 0 Å². The molecule has 0 aliphatic heterocycles. The quantitative estimate of drug-likeness (QED) is 0.855. The van der Waals surface area contributed by atoms with Crippen LogP contribution in [-0.4, -0.2) is 22.6 Å². The second kappa shape index (κ2) is 5.23. The fourth-order valence-electron chi connectivity index (χ4n) is 3.89. The zero-order valence-corrected chi connectivity index (χ0v) is 13.1. The summed E-state index contributed by atoms with van der Waals surface area (Å²) < 4.78 is 40.7. The summed E-state index contributed by atoms with van der Waals surface area (Å²) in [6.07, 6.45) is -4.26. The van der Waals surface area contributed by atoms with Gasteiger partial charge in [-0.05, 0) is 29.7 Å². The minimum atomic E-state index is -4.75. The molecule has 0 radical (unpaired) electrons. The van der Waals surface area contributed by atoms with E-state index in [9.17, 15) is 18.3 Å². The van der Waals surface area contributed by atoms with Gasteiger partial charge in [0, 0.05) is 5.92 Å². The summed E-state index contributed by atoms with van der Waals surface area (Å²) >= 11 is 0. The molecule has 0 saturated heterocycles. The van der Waals surface area contributed by atoms with Gasteiger partial charge in [0.1, 0.15) is 6.61 Å². The summed E-state index contributed by atoms with van der Waals surface area (Å²) in [5.41, 5.74) is -2.90. The van der Waals surface area contributed by atoms with E-state index in [1.54, 1.807) is 26.0 Å². The van der Waals surface area contributed by atoms with Crippen LogP contribution in [0.1, 0.15) is 32.3 Å². The van der Waals surface area contributed by atoms with E-state index in [1.165, 1.54) is 0 Å². The van der Waals surface area contributed by atoms with Gasteiger partial charge in [0.25, 0.3) is 0 Å². The lowest BCUT2D eigenvalue weighted by atomic mass is 9.43. The highest BCUT2D eigenvalue weighted by Crippen LogP contribution is 2.64. The molecule has 1 aromatic rings. The third-order valence-electron chi connectivity index (χ3n) is 5.54. The zero-order valence-electron chi connectivity index (χ0n) is 13.1. The van der Waals surface area contributed by atoms with E-state index in [1.807, 2.05) is 18.2 Å². The monoisotopic (exact) mass is 327 g/mol. The Morgan fingerprint density at radius 1 is 1.26 bits per heavy atom. The first kappa shape index (κ1) is 16.3. The van der Waals surface area contributed by atoms with Crippen LogP contribution in [0.2, 0.25) is 0 Å². The molecular formula is C17H20F3NO2. The maximum atomic E-state index is 13.6. The Balaban J connectivity index is 1.82. The Labute approximate surface area is 133 Å². The fourth-order valence-corrected chi connectivity index (χ4v) is 3.89. The number of oxime groups is 1. The van der Waals surface area contributed by atoms with Crippen molar-refractivity contribution < 1.29 is 23.1 Å². The molecule has 3 saturated carbocycles. The summed E-state index contributed by atoms with van der Waals surface area (Å²) in [6, 6.07) is 9.08. The molecule has 6 heteroatoms. The minimum Gasteiger partial charge on any atom is -0.391 e. The molecule has 3 fully saturated rings. The van der Waals surface area contributed by atoms with Gasteiger partial charge < -0.3 is 9.94 Å². The van der Waals surface area contributed by atoms with Crippen molar-refractivity contribution in [1.29, 1.82) is 0 Å². The molecule has 0 unspecified atom stereocenters. The smallest absolute Gasteiger partial charge is 0.391 e. The topological polar surface area (TPSA) is 41.8 Å². The molecule has 1 N–H and O–H groups in total. The second-order valence-corrected chi connectivity index (χ2v) is 7.07. The number of hydrogen-bond donors (Lipinski definition) is 1. The summed E-state index contributed by atoms with van der Waals surface area (Å²) in [5, 5.41) is 14.2. The normalized spacial score (nSPS) is 34.1. The molecule has 3 aliphatic carbocycles. The molecule has 0 amide bonds. The standard InChI is InChI=1S/C17H20F3NO2/c1-15(2)12-8-13(15)16(22,17(18,19)20)14(9-12)21-23-10-11-6-4-3-5-7-11/h3-7,12-13,22H,8-10H2,1-2H3/b21-14-/t12-,13-,16+/m1/s1. The Morgan fingerprint density at radius 2 is 1.91 bits per heavy atom. The van der Waals surface area contributed by atoms with Crippen LogP contribution in [0.4, 0.5) is 13.2 Å². The maximum Gasteiger partial charge on any atom is 0.423 e. The minimum absolute atomic E-state index is 0.0804. The Kier molecular flexibility index (Phi) is 3.71. The Bertz CT molecular complexity index is 612. The van der Waals surface area contributed by atoms with Crippen molar-refractivity contribution in [2.24, 2.45) is 22.4 Å². The largest absolute Gasteiger partial charge is 0.423 e. The van der Waals surface area contributed by atoms with E-state index >= 15 is 0 Å². The Hall–Kier alpha value is -1.56. The summed E-state index contributed by atoms with van der Waals surface area (Å²) in [7, 11) is 0. The van der Waals surface area contributed by atoms with Crippen molar-refractivity contribution in [3.63, 3.8) is 0 Å². The predicted octanol–water partition coefficient (Wildman–Crippen LogP) is 3.92. The van der Waals surface area contributed by atoms with Crippen LogP contribution in [0.15, 0.2) is 35.5 Å². The van der Waals surface area contributed by atoms with E-state index in [2.05, 4.69) is 5.16 Å². The first-order valence-electron chi connectivity index (χ1n) is 7.69. The number of hydrogen-bond acceptors (Lipinski definition) is 3. The highest BCUT2D eigenvalue weighted by atomic mass is 19.4. The van der Waals surface area contributed by atoms with Crippen LogP contribution in [0.5, 0.6) is 0 Å². The van der Waals surface area contributed by atoms with Crippen molar-refractivity contribution in [2.75, 3.05) is 0 Å². The first-order valence-corrected chi connectivity index (χ1v) is 7.69. The molecule has 4 rings (SSSR count). The van der Waals surface area contributed by atoms with Crippen LogP contribution in [0.25, 0.3) is 0 Å². The van der Waals surface area contributed by atoms with E-state index in [0.717, 1.165) is 5.56 Å². The van der Waals surface area contributed by atoms with Gasteiger partial charge in [-0.2, -0.15) is 13.2 Å². The summed E-state index contributed by atoms with van der Waals surface area (Å²) in [6.45, 7) is 3.64. The molecule has 0 heterocycles. The van der Waals surface area contributed by atoms with Gasteiger partial charge >= 0.3 is 6.18 Å². The Morgan fingerprint density at radius 3 is 2.48 bits per heavy atom. The number of nitrogens with zero attached hydrogens (tertiary/aromatic N) is 1. The van der Waals surface area contributed by atoms with E-state index in [0.29, 0.717) is 6.42 Å². The molecule has 3 aliphatic rings. The van der Waals surface area contributed by atoms with Crippen molar-refractivity contribution >= 4 is 5.71 Å². The lowest BCUT2D eigenvalue weighted by molar-refractivity contribution is -0.294. The summed E-state index contributed by atoms with van der Waals surface area (Å²) in [5.74, 6) is -0.762. The first-order chi connectivity index (χ1) is 10.7. The molecule has 3 atom stereocenters. The van der Waals surface area contributed by atoms with Crippen LogP contribution in [-0.2, 0) is 11.4 Å². The number of alkyl halides is 3. The van der Waals surface area contributed by atoms with Gasteiger partial charge in [-0.15, -0.1) is 0 Å². The molecule has 0 aromatic heterocycles. The van der Waals surface area contributed by atoms with Crippen LogP contribution < -0.4 is 0 Å². The zero-order chi connectivity index (χ0) is 16.9. The number of benzene rings is 1. The number of aliphatic hydroxyl groups is 1. The van der Waals surface area contributed by atoms with E-state index in [4.69, 9.17) is 4.84 Å². The lowest BCUT2D eigenvalue weighted by Crippen LogP contribution is -2.71. The molecule has 2 bridgehead atoms. The van der Waals surface area contributed by atoms with E-state index < -0.39 is 23.1 Å². The third-order valence-corrected chi connectivity index (χ3v) is 5.54. The van der Waals surface area contributed by atoms with Crippen molar-refractivity contribution in [3.05, 3.63) is 35.9 Å². The molecule has 1 aromatic carbocycles. The number of halogens is 3. The van der Waals surface area contributed by atoms with Gasteiger partial charge in [0.15, 0.2) is 0 Å². The maximum absolute atomic E-state index is 13.6. The van der Waals surface area contributed by atoms with Crippen molar-refractivity contribution in [1.82, 2.24) is 0 Å². The second-order valence-electron chi connectivity index (χ2n) is 7.07. The number of rotatable bonds is 3. The average molecular weight is 327 g/mol. The van der Waals surface area contributed by atoms with Crippen LogP contribution >= 0.6 is 0 Å². The highest BCUT2D eigenvalue weighted by Gasteiger charge is 2.73. The third kappa shape index (κ3) is 2.43. The summed E-state index contributed by atoms with van der Waals surface area (Å²) in [4.78, 5) is 5.11. The van der Waals surface area contributed by atoms with E-state index in [-0.39, 0.29) is 24.7 Å². The van der Waals surface area contributed by atoms with Crippen molar-refractivity contribution in [3.8, 4) is 0 Å². The average Bonchev–Trinajstić information content (AvgIpc) is 2.48. The van der Waals surface area contributed by atoms with Crippen molar-refractivity contribution in [2.45, 2.75) is 45.1 Å². The SMILES string of the molecule is CC1(C)[C@H]2C/C(=N/OCc3ccccc3)[C@](O)(C(F)(F)F)[C@@H]1C2. The lowest BCUT2D eigenvalue weighted by Gasteiger charge is -2.63. The predicted molar refractivity (Wildman–Crippen MR) is 79.7 cm³/mol. The highest BCUT2D eigenvalue weighted by molar-refractivity contribution is 5.95. The van der Waals surface area contributed by atoms with Gasteiger partial charge in [-0.1, -0.05) is 49.3 Å². The van der Waals surface area contributed by atoms with Gasteiger partial charge in [0.2, 0.25) is 5.60 Å². The van der Waals surface area contributed by atoms with Crippen LogP contribution in [0, 0.1) is 17.3 Å². The van der Waals surface area contributed by atoms with Gasteiger partial charge in [-0.3, -0.25) is 0 Å². The molecule has 3 nitrogen and oxygen atoms in total. The fraction of sp³-hybridized carbons (Fsp3) is 0.588.